The summed E-state index contributed by atoms with van der Waals surface area (Å²) in [6.07, 6.45) is 0. The van der Waals surface area contributed by atoms with Crippen LogP contribution >= 0.6 is 0 Å². The van der Waals surface area contributed by atoms with Crippen molar-refractivity contribution in [2.24, 2.45) is 5.10 Å². The van der Waals surface area contributed by atoms with Gasteiger partial charge in [0.05, 0.1) is 10.6 Å². The lowest BCUT2D eigenvalue weighted by Crippen LogP contribution is -2.19. The Morgan fingerprint density at radius 2 is 1.82 bits per heavy atom. The molecule has 0 radical (unpaired) electrons. The third-order valence-corrected chi connectivity index (χ3v) is 2.93. The van der Waals surface area contributed by atoms with Crippen molar-refractivity contribution in [2.75, 3.05) is 0 Å². The number of halogens is 1. The summed E-state index contributed by atoms with van der Waals surface area (Å²) in [5.74, 6) is -0.973. The third kappa shape index (κ3) is 3.51. The van der Waals surface area contributed by atoms with Gasteiger partial charge in [0, 0.05) is 23.3 Å². The van der Waals surface area contributed by atoms with Crippen LogP contribution in [0.4, 0.5) is 10.1 Å². The molecule has 0 bridgehead atoms. The van der Waals surface area contributed by atoms with Gasteiger partial charge in [0.2, 0.25) is 0 Å². The summed E-state index contributed by atoms with van der Waals surface area (Å²) in [5, 5.41) is 14.4. The molecule has 0 unspecified atom stereocenters. The predicted molar refractivity (Wildman–Crippen MR) is 79.2 cm³/mol. The molecule has 0 spiro atoms. The number of nitrogens with zero attached hydrogens (tertiary/aromatic N) is 2. The van der Waals surface area contributed by atoms with Gasteiger partial charge in [0.25, 0.3) is 11.6 Å². The maximum atomic E-state index is 13.6. The predicted octanol–water partition coefficient (Wildman–Crippen LogP) is 2.89. The van der Waals surface area contributed by atoms with Crippen molar-refractivity contribution >= 4 is 17.3 Å². The van der Waals surface area contributed by atoms with Gasteiger partial charge < -0.3 is 0 Å². The Bertz CT molecular complexity index is 742. The lowest BCUT2D eigenvalue weighted by molar-refractivity contribution is -0.384. The molecule has 22 heavy (non-hydrogen) atoms. The highest BCUT2D eigenvalue weighted by Crippen LogP contribution is 2.12. The maximum absolute atomic E-state index is 13.6. The Kier molecular flexibility index (Phi) is 4.57. The molecule has 2 aromatic rings. The number of nitro benzene ring substituents is 1. The van der Waals surface area contributed by atoms with Gasteiger partial charge in [-0.15, -0.1) is 0 Å². The van der Waals surface area contributed by atoms with Crippen LogP contribution in [0.3, 0.4) is 0 Å². The number of amides is 1. The Morgan fingerprint density at radius 1 is 1.18 bits per heavy atom. The fraction of sp³-hybridized carbons (Fsp3) is 0.0667. The highest BCUT2D eigenvalue weighted by atomic mass is 19.1. The molecule has 0 heterocycles. The number of non-ortho nitro benzene ring substituents is 1. The van der Waals surface area contributed by atoms with Crippen LogP contribution in [0.1, 0.15) is 22.8 Å². The number of nitro groups is 1. The van der Waals surface area contributed by atoms with E-state index in [4.69, 9.17) is 0 Å². The summed E-state index contributed by atoms with van der Waals surface area (Å²) in [6.45, 7) is 1.56. The summed E-state index contributed by atoms with van der Waals surface area (Å²) in [5.41, 5.74) is 2.99. The first kappa shape index (κ1) is 15.3. The number of carbonyl (C=O) groups is 1. The molecule has 112 valence electrons. The Hall–Kier alpha value is -3.09. The molecule has 0 aliphatic carbocycles. The summed E-state index contributed by atoms with van der Waals surface area (Å²) >= 11 is 0. The quantitative estimate of drug-likeness (QED) is 0.535. The minimum Gasteiger partial charge on any atom is -0.267 e. The Labute approximate surface area is 125 Å². The minimum absolute atomic E-state index is 0.109. The number of hydrogen-bond donors (Lipinski definition) is 1. The molecular formula is C15H12FN3O3. The zero-order chi connectivity index (χ0) is 16.1. The lowest BCUT2D eigenvalue weighted by atomic mass is 10.1. The standard InChI is InChI=1S/C15H12FN3O3/c1-10(13-4-2-3-5-14(13)16)17-18-15(20)11-6-8-12(9-7-11)19(21)22/h2-9H,1H3,(H,18,20)/b17-10-. The van der Waals surface area contributed by atoms with E-state index in [-0.39, 0.29) is 16.8 Å². The zero-order valence-electron chi connectivity index (χ0n) is 11.6. The molecule has 0 saturated carbocycles. The number of nitrogens with one attached hydrogen (secondary N) is 1. The first-order valence-corrected chi connectivity index (χ1v) is 6.33. The van der Waals surface area contributed by atoms with Crippen LogP contribution in [0, 0.1) is 15.9 Å². The minimum atomic E-state index is -0.553. The monoisotopic (exact) mass is 301 g/mol. The van der Waals surface area contributed by atoms with Crippen LogP contribution in [0.15, 0.2) is 53.6 Å². The molecule has 2 aromatic carbocycles. The zero-order valence-corrected chi connectivity index (χ0v) is 11.6. The Balaban J connectivity index is 2.10. The van der Waals surface area contributed by atoms with Crippen molar-refractivity contribution in [3.63, 3.8) is 0 Å². The van der Waals surface area contributed by atoms with Crippen LogP contribution in [-0.4, -0.2) is 16.5 Å². The number of benzene rings is 2. The van der Waals surface area contributed by atoms with Gasteiger partial charge in [-0.05, 0) is 25.1 Å². The molecule has 0 aromatic heterocycles. The van der Waals surface area contributed by atoms with Crippen molar-refractivity contribution in [1.29, 1.82) is 0 Å². The molecule has 0 saturated heterocycles. The van der Waals surface area contributed by atoms with Crippen LogP contribution in [-0.2, 0) is 0 Å². The molecule has 1 amide bonds. The molecule has 0 aliphatic heterocycles. The van der Waals surface area contributed by atoms with E-state index in [1.165, 1.54) is 30.3 Å². The van der Waals surface area contributed by atoms with E-state index in [0.717, 1.165) is 0 Å². The van der Waals surface area contributed by atoms with E-state index in [0.29, 0.717) is 5.71 Å². The van der Waals surface area contributed by atoms with Gasteiger partial charge in [-0.1, -0.05) is 18.2 Å². The molecule has 0 aliphatic rings. The first-order valence-electron chi connectivity index (χ1n) is 6.33. The SMILES string of the molecule is C/C(=N/NC(=O)c1ccc([N+](=O)[O-])cc1)c1ccccc1F. The highest BCUT2D eigenvalue weighted by molar-refractivity contribution is 6.01. The smallest absolute Gasteiger partial charge is 0.267 e. The van der Waals surface area contributed by atoms with E-state index in [1.54, 1.807) is 25.1 Å². The fourth-order valence-corrected chi connectivity index (χ4v) is 1.75. The van der Waals surface area contributed by atoms with Crippen LogP contribution in [0.2, 0.25) is 0 Å². The van der Waals surface area contributed by atoms with Gasteiger partial charge in [-0.25, -0.2) is 9.82 Å². The molecule has 7 heteroatoms. The van der Waals surface area contributed by atoms with Crippen molar-refractivity contribution in [2.45, 2.75) is 6.92 Å². The second kappa shape index (κ2) is 6.57. The van der Waals surface area contributed by atoms with Crippen molar-refractivity contribution in [3.8, 4) is 0 Å². The topological polar surface area (TPSA) is 84.6 Å². The molecule has 2 rings (SSSR count). The van der Waals surface area contributed by atoms with Gasteiger partial charge in [0.15, 0.2) is 0 Å². The van der Waals surface area contributed by atoms with E-state index in [1.807, 2.05) is 0 Å². The summed E-state index contributed by atoms with van der Waals surface area (Å²) < 4.78 is 13.6. The number of rotatable bonds is 4. The number of carbonyl (C=O) groups excluding carboxylic acids is 1. The van der Waals surface area contributed by atoms with E-state index in [2.05, 4.69) is 10.5 Å². The van der Waals surface area contributed by atoms with Gasteiger partial charge in [-0.3, -0.25) is 14.9 Å². The van der Waals surface area contributed by atoms with Gasteiger partial charge in [-0.2, -0.15) is 5.10 Å². The van der Waals surface area contributed by atoms with E-state index >= 15 is 0 Å². The van der Waals surface area contributed by atoms with Crippen LogP contribution in [0.5, 0.6) is 0 Å². The molecule has 1 N–H and O–H groups in total. The molecule has 6 nitrogen and oxygen atoms in total. The molecular weight excluding hydrogens is 289 g/mol. The fourth-order valence-electron chi connectivity index (χ4n) is 1.75. The second-order valence-corrected chi connectivity index (χ2v) is 4.42. The second-order valence-electron chi connectivity index (χ2n) is 4.42. The van der Waals surface area contributed by atoms with Crippen LogP contribution < -0.4 is 5.43 Å². The van der Waals surface area contributed by atoms with E-state index < -0.39 is 16.6 Å². The Morgan fingerprint density at radius 3 is 2.41 bits per heavy atom. The average molecular weight is 301 g/mol. The van der Waals surface area contributed by atoms with Crippen molar-refractivity contribution in [1.82, 2.24) is 5.43 Å². The summed E-state index contributed by atoms with van der Waals surface area (Å²) in [4.78, 5) is 21.8. The number of hydrazone groups is 1. The largest absolute Gasteiger partial charge is 0.271 e. The van der Waals surface area contributed by atoms with Crippen molar-refractivity contribution in [3.05, 3.63) is 75.6 Å². The summed E-state index contributed by atoms with van der Waals surface area (Å²) in [7, 11) is 0. The highest BCUT2D eigenvalue weighted by Gasteiger charge is 2.09. The lowest BCUT2D eigenvalue weighted by Gasteiger charge is -2.04. The molecule has 0 fully saturated rings. The number of hydrogen-bond acceptors (Lipinski definition) is 4. The molecule has 0 atom stereocenters. The van der Waals surface area contributed by atoms with Gasteiger partial charge >= 0.3 is 0 Å². The normalized spacial score (nSPS) is 11.1. The average Bonchev–Trinajstić information content (AvgIpc) is 2.52. The maximum Gasteiger partial charge on any atom is 0.271 e. The van der Waals surface area contributed by atoms with Gasteiger partial charge in [0.1, 0.15) is 5.82 Å². The summed E-state index contributed by atoms with van der Waals surface area (Å²) in [6, 6.07) is 11.2. The first-order chi connectivity index (χ1) is 10.5. The third-order valence-electron chi connectivity index (χ3n) is 2.93. The van der Waals surface area contributed by atoms with Crippen molar-refractivity contribution < 1.29 is 14.1 Å². The van der Waals surface area contributed by atoms with E-state index in [9.17, 15) is 19.3 Å². The van der Waals surface area contributed by atoms with Crippen LogP contribution in [0.25, 0.3) is 0 Å².